The molecule has 0 saturated carbocycles. The molecule has 0 fully saturated rings. The number of rotatable bonds is 3. The molecular weight excluding hydrogens is 427 g/mol. The number of fused-ring (bicyclic) bond motifs is 1. The molecule has 0 atom stereocenters. The Hall–Kier alpha value is -1.71. The third-order valence-electron chi connectivity index (χ3n) is 4.04. The molecule has 3 rings (SSSR count). The van der Waals surface area contributed by atoms with E-state index in [0.717, 1.165) is 55.3 Å². The molecule has 0 aliphatic heterocycles. The lowest BCUT2D eigenvalue weighted by molar-refractivity contribution is 0.604. The average molecular weight is 447 g/mol. The number of guanidine groups is 1. The highest BCUT2D eigenvalue weighted by Gasteiger charge is 2.18. The molecule has 0 bridgehead atoms. The number of halogens is 3. The van der Waals surface area contributed by atoms with Crippen LogP contribution in [-0.2, 0) is 26.4 Å². The van der Waals surface area contributed by atoms with E-state index in [9.17, 15) is 8.78 Å². The van der Waals surface area contributed by atoms with Gasteiger partial charge in [-0.1, -0.05) is 0 Å². The fourth-order valence-electron chi connectivity index (χ4n) is 2.88. The van der Waals surface area contributed by atoms with E-state index >= 15 is 0 Å². The van der Waals surface area contributed by atoms with Crippen LogP contribution in [0, 0.1) is 11.6 Å². The van der Waals surface area contributed by atoms with E-state index in [1.165, 1.54) is 5.56 Å². The predicted octanol–water partition coefficient (Wildman–Crippen LogP) is 3.12. The second kappa shape index (κ2) is 7.91. The van der Waals surface area contributed by atoms with Crippen LogP contribution in [0.1, 0.15) is 29.8 Å². The number of aryl methyl sites for hydroxylation is 2. The number of hydrogen-bond acceptors (Lipinski definition) is 2. The van der Waals surface area contributed by atoms with Crippen LogP contribution < -0.4 is 11.1 Å². The maximum absolute atomic E-state index is 13.6. The van der Waals surface area contributed by atoms with Crippen molar-refractivity contribution in [2.24, 2.45) is 17.8 Å². The molecule has 3 N–H and O–H groups in total. The van der Waals surface area contributed by atoms with Crippen molar-refractivity contribution in [1.82, 2.24) is 9.78 Å². The Balaban J connectivity index is 0.00000208. The molecule has 1 aromatic carbocycles. The van der Waals surface area contributed by atoms with Crippen molar-refractivity contribution in [3.05, 3.63) is 46.8 Å². The van der Waals surface area contributed by atoms with Crippen LogP contribution in [0.3, 0.4) is 0 Å². The Morgan fingerprint density at radius 1 is 1.33 bits per heavy atom. The maximum atomic E-state index is 13.6. The van der Waals surface area contributed by atoms with Crippen LogP contribution in [0.15, 0.2) is 23.2 Å². The first-order valence-corrected chi connectivity index (χ1v) is 7.60. The molecule has 0 amide bonds. The number of anilines is 1. The lowest BCUT2D eigenvalue weighted by Gasteiger charge is -2.11. The lowest BCUT2D eigenvalue weighted by atomic mass is 9.96. The van der Waals surface area contributed by atoms with Gasteiger partial charge < -0.3 is 11.1 Å². The van der Waals surface area contributed by atoms with E-state index < -0.39 is 11.6 Å². The third-order valence-corrected chi connectivity index (χ3v) is 4.04. The summed E-state index contributed by atoms with van der Waals surface area (Å²) < 4.78 is 28.6. The number of nitrogens with zero attached hydrogens (tertiary/aromatic N) is 3. The summed E-state index contributed by atoms with van der Waals surface area (Å²) in [6.07, 6.45) is 4.31. The van der Waals surface area contributed by atoms with Gasteiger partial charge in [-0.05, 0) is 43.4 Å². The topological polar surface area (TPSA) is 68.2 Å². The van der Waals surface area contributed by atoms with E-state index in [2.05, 4.69) is 15.4 Å². The summed E-state index contributed by atoms with van der Waals surface area (Å²) in [4.78, 5) is 4.23. The summed E-state index contributed by atoms with van der Waals surface area (Å²) in [6.45, 7) is 0.356. The Morgan fingerprint density at radius 3 is 2.88 bits per heavy atom. The summed E-state index contributed by atoms with van der Waals surface area (Å²) in [6, 6.07) is 3.14. The zero-order chi connectivity index (χ0) is 16.4. The van der Waals surface area contributed by atoms with E-state index in [-0.39, 0.29) is 35.6 Å². The van der Waals surface area contributed by atoms with Gasteiger partial charge in [0.05, 0.1) is 23.6 Å². The van der Waals surface area contributed by atoms with Gasteiger partial charge in [0.2, 0.25) is 0 Å². The van der Waals surface area contributed by atoms with Crippen molar-refractivity contribution >= 4 is 35.6 Å². The Bertz CT molecular complexity index is 757. The zero-order valence-electron chi connectivity index (χ0n) is 13.4. The van der Waals surface area contributed by atoms with E-state index in [4.69, 9.17) is 5.73 Å². The van der Waals surface area contributed by atoms with Crippen molar-refractivity contribution in [2.75, 3.05) is 5.32 Å². The van der Waals surface area contributed by atoms with Crippen LogP contribution in [0.2, 0.25) is 0 Å². The smallest absolute Gasteiger partial charge is 0.193 e. The summed E-state index contributed by atoms with van der Waals surface area (Å²) in [5.41, 5.74) is 9.15. The fraction of sp³-hybridized carbons (Fsp3) is 0.375. The minimum absolute atomic E-state index is 0. The Kier molecular flexibility index (Phi) is 6.14. The molecule has 0 spiro atoms. The summed E-state index contributed by atoms with van der Waals surface area (Å²) in [5.74, 6) is -1.08. The SMILES string of the molecule is Cn1nc2c(c1CN=C(N)Nc1cc(F)ccc1F)CCCC2.I. The largest absolute Gasteiger partial charge is 0.370 e. The first kappa shape index (κ1) is 18.6. The molecule has 0 unspecified atom stereocenters. The predicted molar refractivity (Wildman–Crippen MR) is 101 cm³/mol. The summed E-state index contributed by atoms with van der Waals surface area (Å²) >= 11 is 0. The van der Waals surface area contributed by atoms with E-state index in [1.807, 2.05) is 11.7 Å². The molecule has 0 radical (unpaired) electrons. The highest BCUT2D eigenvalue weighted by Crippen LogP contribution is 2.24. The Labute approximate surface area is 156 Å². The molecule has 1 aromatic heterocycles. The first-order chi connectivity index (χ1) is 11.0. The van der Waals surface area contributed by atoms with Crippen molar-refractivity contribution in [1.29, 1.82) is 0 Å². The number of aliphatic imine (C=N–C) groups is 1. The van der Waals surface area contributed by atoms with Crippen LogP contribution in [0.4, 0.5) is 14.5 Å². The van der Waals surface area contributed by atoms with Gasteiger partial charge in [-0.15, -0.1) is 24.0 Å². The Morgan fingerprint density at radius 2 is 2.08 bits per heavy atom. The van der Waals surface area contributed by atoms with Crippen LogP contribution in [0.5, 0.6) is 0 Å². The zero-order valence-corrected chi connectivity index (χ0v) is 15.7. The van der Waals surface area contributed by atoms with Gasteiger partial charge in [0.1, 0.15) is 11.6 Å². The number of hydrogen-bond donors (Lipinski definition) is 2. The van der Waals surface area contributed by atoms with Gasteiger partial charge in [0, 0.05) is 13.1 Å². The highest BCUT2D eigenvalue weighted by molar-refractivity contribution is 14.0. The van der Waals surface area contributed by atoms with Crippen LogP contribution in [-0.4, -0.2) is 15.7 Å². The third kappa shape index (κ3) is 4.03. The molecule has 1 aliphatic rings. The van der Waals surface area contributed by atoms with Gasteiger partial charge in [0.15, 0.2) is 5.96 Å². The fourth-order valence-corrected chi connectivity index (χ4v) is 2.88. The van der Waals surface area contributed by atoms with Gasteiger partial charge in [-0.2, -0.15) is 5.10 Å². The molecule has 24 heavy (non-hydrogen) atoms. The van der Waals surface area contributed by atoms with E-state index in [0.29, 0.717) is 6.54 Å². The first-order valence-electron chi connectivity index (χ1n) is 7.60. The maximum Gasteiger partial charge on any atom is 0.193 e. The summed E-state index contributed by atoms with van der Waals surface area (Å²) in [5, 5.41) is 7.11. The van der Waals surface area contributed by atoms with Crippen molar-refractivity contribution in [3.63, 3.8) is 0 Å². The van der Waals surface area contributed by atoms with E-state index in [1.54, 1.807) is 0 Å². The number of nitrogens with two attached hydrogens (primary N) is 1. The molecule has 2 aromatic rings. The molecule has 130 valence electrons. The minimum atomic E-state index is -0.581. The monoisotopic (exact) mass is 447 g/mol. The number of nitrogens with one attached hydrogen (secondary N) is 1. The van der Waals surface area contributed by atoms with Gasteiger partial charge in [-0.3, -0.25) is 4.68 Å². The highest BCUT2D eigenvalue weighted by atomic mass is 127. The molecule has 1 aliphatic carbocycles. The van der Waals surface area contributed by atoms with Crippen molar-refractivity contribution in [3.8, 4) is 0 Å². The molecule has 5 nitrogen and oxygen atoms in total. The quantitative estimate of drug-likeness (QED) is 0.432. The molecule has 8 heteroatoms. The van der Waals surface area contributed by atoms with Crippen LogP contribution in [0.25, 0.3) is 0 Å². The number of aromatic nitrogens is 2. The minimum Gasteiger partial charge on any atom is -0.370 e. The molecule has 0 saturated heterocycles. The van der Waals surface area contributed by atoms with Crippen LogP contribution >= 0.6 is 24.0 Å². The second-order valence-corrected chi connectivity index (χ2v) is 5.65. The van der Waals surface area contributed by atoms with Gasteiger partial charge in [-0.25, -0.2) is 13.8 Å². The lowest BCUT2D eigenvalue weighted by Crippen LogP contribution is -2.23. The molecular formula is C16H20F2IN5. The second-order valence-electron chi connectivity index (χ2n) is 5.65. The van der Waals surface area contributed by atoms with Crippen molar-refractivity contribution < 1.29 is 8.78 Å². The normalized spacial score (nSPS) is 14.0. The average Bonchev–Trinajstić information content (AvgIpc) is 2.84. The van der Waals surface area contributed by atoms with Gasteiger partial charge >= 0.3 is 0 Å². The standard InChI is InChI=1S/C16H19F2N5.HI/c1-23-15(11-4-2-3-5-13(11)22-23)9-20-16(19)21-14-8-10(17)6-7-12(14)18;/h6-8H,2-5,9H2,1H3,(H3,19,20,21);1H. The van der Waals surface area contributed by atoms with Crippen molar-refractivity contribution in [2.45, 2.75) is 32.2 Å². The summed E-state index contributed by atoms with van der Waals surface area (Å²) in [7, 11) is 1.89. The molecule has 1 heterocycles. The number of benzene rings is 1. The van der Waals surface area contributed by atoms with Gasteiger partial charge in [0.25, 0.3) is 0 Å².